The normalized spacial score (nSPS) is 23.8. The summed E-state index contributed by atoms with van der Waals surface area (Å²) in [5.74, 6) is 1.33. The van der Waals surface area contributed by atoms with Crippen molar-refractivity contribution in [1.82, 2.24) is 30.3 Å². The fourth-order valence-electron chi connectivity index (χ4n) is 8.69. The van der Waals surface area contributed by atoms with E-state index < -0.39 is 12.2 Å². The molecule has 1 unspecified atom stereocenters. The molecule has 8 rings (SSSR count). The smallest absolute Gasteiger partial charge is 0.328 e. The molecule has 5 heterocycles. The molecule has 2 N–H and O–H groups in total. The van der Waals surface area contributed by atoms with Crippen LogP contribution in [0.25, 0.3) is 10.9 Å². The predicted molar refractivity (Wildman–Crippen MR) is 210 cm³/mol. The fourth-order valence-corrected chi connectivity index (χ4v) is 8.90. The zero-order chi connectivity index (χ0) is 38.8. The first kappa shape index (κ1) is 37.7. The number of nitriles is 1. The van der Waals surface area contributed by atoms with Gasteiger partial charge in [0.2, 0.25) is 5.91 Å². The van der Waals surface area contributed by atoms with Gasteiger partial charge in [-0.3, -0.25) is 19.8 Å². The van der Waals surface area contributed by atoms with E-state index in [4.69, 9.17) is 21.6 Å². The Morgan fingerprint density at radius 3 is 2.52 bits per heavy atom. The van der Waals surface area contributed by atoms with Crippen molar-refractivity contribution in [3.8, 4) is 11.8 Å². The lowest BCUT2D eigenvalue weighted by Gasteiger charge is -2.39. The monoisotopic (exact) mass is 781 g/mol. The molecule has 4 aromatic rings. The quantitative estimate of drug-likeness (QED) is 0.208. The molecule has 4 aliphatic rings. The number of aromatic nitrogens is 3. The molecule has 0 spiro atoms. The second-order valence-electron chi connectivity index (χ2n) is 15.3. The zero-order valence-corrected chi connectivity index (χ0v) is 31.8. The van der Waals surface area contributed by atoms with Crippen molar-refractivity contribution in [2.75, 3.05) is 49.1 Å². The Morgan fingerprint density at radius 1 is 0.982 bits per heavy atom. The average Bonchev–Trinajstić information content (AvgIpc) is 3.64. The molecule has 1 aliphatic carbocycles. The van der Waals surface area contributed by atoms with Gasteiger partial charge in [-0.2, -0.15) is 5.26 Å². The molecule has 0 bridgehead atoms. The molecule has 2 aromatic carbocycles. The number of urea groups is 1. The molecule has 15 heteroatoms. The lowest BCUT2D eigenvalue weighted by atomic mass is 9.92. The lowest BCUT2D eigenvalue weighted by molar-refractivity contribution is -0.120. The standard InChI is InChI=1S/C41H45ClFN9O4/c42-32-22-30(7-4-27(32)23-44)56-29-8-5-28(6-9-29)45-40(54)34-10-11-38(48-47-34)50-18-12-26(13-19-50)24-49-17-15-37(33(43)25-49)51-20-14-31-35(51)2-1-3-36(31)52-21-16-39(53)46-41(52)55/h1-4,7,10-11,14,20,22,26,28-29,33,37H,5-6,8-9,12-13,15-19,21,24-25H2,(H,45,54)(H,46,53,55)/t28?,29?,33-,37?/m0/s1. The van der Waals surface area contributed by atoms with Crippen LogP contribution in [0.4, 0.5) is 20.7 Å². The fraction of sp³-hybridized carbons (Fsp3) is 0.463. The van der Waals surface area contributed by atoms with Crippen LogP contribution < -0.4 is 25.2 Å². The summed E-state index contributed by atoms with van der Waals surface area (Å²) in [6.45, 7) is 3.99. The van der Waals surface area contributed by atoms with E-state index in [-0.39, 0.29) is 36.4 Å². The van der Waals surface area contributed by atoms with Crippen LogP contribution in [0.15, 0.2) is 60.8 Å². The summed E-state index contributed by atoms with van der Waals surface area (Å²) in [6, 6.07) is 17.7. The van der Waals surface area contributed by atoms with E-state index in [1.165, 1.54) is 0 Å². The van der Waals surface area contributed by atoms with Crippen molar-refractivity contribution in [2.24, 2.45) is 5.92 Å². The number of likely N-dealkylation sites (tertiary alicyclic amines) is 1. The van der Waals surface area contributed by atoms with Gasteiger partial charge in [-0.25, -0.2) is 9.18 Å². The number of halogens is 2. The summed E-state index contributed by atoms with van der Waals surface area (Å²) in [5.41, 5.74) is 2.31. The number of piperidine rings is 2. The van der Waals surface area contributed by atoms with Crippen LogP contribution in [-0.4, -0.2) is 95.1 Å². The van der Waals surface area contributed by atoms with Crippen molar-refractivity contribution in [3.63, 3.8) is 0 Å². The van der Waals surface area contributed by atoms with E-state index in [0.717, 1.165) is 87.1 Å². The molecule has 4 amide bonds. The minimum atomic E-state index is -1.03. The Bertz CT molecular complexity index is 2130. The highest BCUT2D eigenvalue weighted by Crippen LogP contribution is 2.35. The van der Waals surface area contributed by atoms with Crippen molar-refractivity contribution in [3.05, 3.63) is 77.1 Å². The number of fused-ring (bicyclic) bond motifs is 1. The van der Waals surface area contributed by atoms with Crippen LogP contribution >= 0.6 is 11.6 Å². The number of alkyl halides is 1. The third-order valence-corrected chi connectivity index (χ3v) is 12.1. The maximum atomic E-state index is 15.9. The Hall–Kier alpha value is -5.26. The van der Waals surface area contributed by atoms with Crippen LogP contribution in [-0.2, 0) is 4.79 Å². The maximum Gasteiger partial charge on any atom is 0.328 e. The van der Waals surface area contributed by atoms with Crippen molar-refractivity contribution in [2.45, 2.75) is 75.7 Å². The minimum absolute atomic E-state index is 0.0171. The topological polar surface area (TPSA) is 149 Å². The van der Waals surface area contributed by atoms with Gasteiger partial charge in [0.1, 0.15) is 18.0 Å². The number of imide groups is 1. The summed E-state index contributed by atoms with van der Waals surface area (Å²) in [6.07, 6.45) is 6.91. The van der Waals surface area contributed by atoms with E-state index >= 15 is 4.39 Å². The first-order valence-electron chi connectivity index (χ1n) is 19.6. The van der Waals surface area contributed by atoms with Crippen LogP contribution in [0.2, 0.25) is 5.02 Å². The van der Waals surface area contributed by atoms with Crippen LogP contribution in [0.3, 0.4) is 0 Å². The summed E-state index contributed by atoms with van der Waals surface area (Å²) in [7, 11) is 0. The molecule has 0 radical (unpaired) electrons. The highest BCUT2D eigenvalue weighted by molar-refractivity contribution is 6.31. The number of hydrogen-bond donors (Lipinski definition) is 2. The van der Waals surface area contributed by atoms with Crippen LogP contribution in [0.5, 0.6) is 5.75 Å². The first-order chi connectivity index (χ1) is 27.2. The van der Waals surface area contributed by atoms with Gasteiger partial charge >= 0.3 is 6.03 Å². The SMILES string of the molecule is N#Cc1ccc(OC2CCC(NC(=O)c3ccc(N4CCC(CN5CCC(n6ccc7c(N8CCC(=O)NC8=O)cccc76)[C@@H](F)C5)CC4)nn3)CC2)cc1Cl. The number of benzene rings is 2. The Labute approximate surface area is 329 Å². The summed E-state index contributed by atoms with van der Waals surface area (Å²) in [5, 5.41) is 24.5. The van der Waals surface area contributed by atoms with Crippen LogP contribution in [0.1, 0.15) is 73.5 Å². The summed E-state index contributed by atoms with van der Waals surface area (Å²) >= 11 is 6.14. The number of amides is 4. The van der Waals surface area contributed by atoms with Gasteiger partial charge in [0.15, 0.2) is 11.5 Å². The number of anilines is 2. The van der Waals surface area contributed by atoms with Crippen LogP contribution in [0, 0.1) is 17.2 Å². The number of hydrogen-bond acceptors (Lipinski definition) is 9. The number of carbonyl (C=O) groups excluding carboxylic acids is 3. The molecule has 3 aliphatic heterocycles. The van der Waals surface area contributed by atoms with Gasteiger partial charge < -0.3 is 24.4 Å². The predicted octanol–water partition coefficient (Wildman–Crippen LogP) is 6.02. The summed E-state index contributed by atoms with van der Waals surface area (Å²) < 4.78 is 24.0. The molecule has 4 fully saturated rings. The highest BCUT2D eigenvalue weighted by Gasteiger charge is 2.34. The number of nitrogens with zero attached hydrogens (tertiary/aromatic N) is 7. The molecule has 2 atom stereocenters. The van der Waals surface area contributed by atoms with Gasteiger partial charge in [-0.1, -0.05) is 17.7 Å². The number of ether oxygens (including phenoxy) is 1. The van der Waals surface area contributed by atoms with Gasteiger partial charge in [-0.05, 0) is 93.3 Å². The Morgan fingerprint density at radius 2 is 1.80 bits per heavy atom. The molecule has 292 valence electrons. The van der Waals surface area contributed by atoms with Crippen molar-refractivity contribution in [1.29, 1.82) is 5.26 Å². The maximum absolute atomic E-state index is 15.9. The van der Waals surface area contributed by atoms with E-state index in [1.807, 2.05) is 41.1 Å². The van der Waals surface area contributed by atoms with E-state index in [0.29, 0.717) is 47.5 Å². The highest BCUT2D eigenvalue weighted by atomic mass is 35.5. The van der Waals surface area contributed by atoms with E-state index in [2.05, 4.69) is 36.7 Å². The molecule has 1 saturated carbocycles. The molecule has 13 nitrogen and oxygen atoms in total. The molecule has 3 saturated heterocycles. The van der Waals surface area contributed by atoms with Gasteiger partial charge in [0.05, 0.1) is 33.9 Å². The largest absolute Gasteiger partial charge is 0.490 e. The number of nitrogens with one attached hydrogen (secondary N) is 2. The molecule has 2 aromatic heterocycles. The van der Waals surface area contributed by atoms with Crippen molar-refractivity contribution >= 4 is 51.9 Å². The number of rotatable bonds is 9. The molecular formula is C41H45ClFN9O4. The zero-order valence-electron chi connectivity index (χ0n) is 31.1. The molecule has 56 heavy (non-hydrogen) atoms. The third kappa shape index (κ3) is 8.15. The second kappa shape index (κ2) is 16.5. The van der Waals surface area contributed by atoms with Gasteiger partial charge in [-0.15, -0.1) is 10.2 Å². The first-order valence-corrected chi connectivity index (χ1v) is 19.9. The van der Waals surface area contributed by atoms with E-state index in [9.17, 15) is 14.4 Å². The second-order valence-corrected chi connectivity index (χ2v) is 15.8. The minimum Gasteiger partial charge on any atom is -0.490 e. The van der Waals surface area contributed by atoms with E-state index in [1.54, 1.807) is 29.2 Å². The Kier molecular flexibility index (Phi) is 11.1. The van der Waals surface area contributed by atoms with Crippen molar-refractivity contribution < 1.29 is 23.5 Å². The Balaban J connectivity index is 0.774. The lowest BCUT2D eigenvalue weighted by Crippen LogP contribution is -2.49. The third-order valence-electron chi connectivity index (χ3n) is 11.7. The van der Waals surface area contributed by atoms with Gasteiger partial charge in [0.25, 0.3) is 5.91 Å². The van der Waals surface area contributed by atoms with Gasteiger partial charge in [0, 0.05) is 69.4 Å². The summed E-state index contributed by atoms with van der Waals surface area (Å²) in [4.78, 5) is 43.3. The molecular weight excluding hydrogens is 737 g/mol. The average molecular weight is 782 g/mol. The number of carbonyl (C=O) groups is 3.